The molecule has 0 aliphatic heterocycles. The molecule has 1 aromatic carbocycles. The van der Waals surface area contributed by atoms with E-state index >= 15 is 0 Å². The molecule has 28 heavy (non-hydrogen) atoms. The summed E-state index contributed by atoms with van der Waals surface area (Å²) in [6, 6.07) is 8.17. The molecule has 148 valence electrons. The van der Waals surface area contributed by atoms with Crippen LogP contribution in [0.25, 0.3) is 22.3 Å². The van der Waals surface area contributed by atoms with Crippen LogP contribution < -0.4 is 10.5 Å². The third-order valence-electron chi connectivity index (χ3n) is 5.25. The van der Waals surface area contributed by atoms with Crippen LogP contribution in [0, 0.1) is 6.92 Å². The summed E-state index contributed by atoms with van der Waals surface area (Å²) < 4.78 is 28.2. The molecular weight excluding hydrogens is 378 g/mol. The quantitative estimate of drug-likeness (QED) is 0.529. The number of pyridine rings is 1. The van der Waals surface area contributed by atoms with Gasteiger partial charge in [-0.05, 0) is 49.6 Å². The maximum atomic E-state index is 12.8. The minimum absolute atomic E-state index is 0.176. The molecule has 2 heterocycles. The molecule has 0 amide bonds. The van der Waals surface area contributed by atoms with Gasteiger partial charge in [-0.3, -0.25) is 5.10 Å². The first-order valence-corrected chi connectivity index (χ1v) is 10.8. The average molecular weight is 401 g/mol. The van der Waals surface area contributed by atoms with Crippen molar-refractivity contribution >= 4 is 26.9 Å². The van der Waals surface area contributed by atoms with Gasteiger partial charge in [0, 0.05) is 11.6 Å². The predicted octanol–water partition coefficient (Wildman–Crippen LogP) is 2.10. The highest BCUT2D eigenvalue weighted by molar-refractivity contribution is 7.89. The lowest BCUT2D eigenvalue weighted by atomic mass is 9.93. The molecule has 3 aromatic rings. The van der Waals surface area contributed by atoms with Crippen LogP contribution in [0.3, 0.4) is 0 Å². The molecule has 9 heteroatoms. The summed E-state index contributed by atoms with van der Waals surface area (Å²) in [5.41, 5.74) is 9.45. The number of H-pyrrole nitrogens is 1. The van der Waals surface area contributed by atoms with Gasteiger partial charge in [0.05, 0.1) is 22.2 Å². The van der Waals surface area contributed by atoms with Crippen molar-refractivity contribution in [3.8, 4) is 11.3 Å². The summed E-state index contributed by atoms with van der Waals surface area (Å²) >= 11 is 0. The number of nitrogens with zero attached hydrogens (tertiary/aromatic N) is 2. The van der Waals surface area contributed by atoms with Gasteiger partial charge in [0.1, 0.15) is 5.52 Å². The van der Waals surface area contributed by atoms with Crippen LogP contribution in [0.4, 0.5) is 5.82 Å². The first-order chi connectivity index (χ1) is 13.3. The van der Waals surface area contributed by atoms with Crippen molar-refractivity contribution in [2.75, 3.05) is 5.73 Å². The monoisotopic (exact) mass is 401 g/mol. The van der Waals surface area contributed by atoms with E-state index in [0.717, 1.165) is 29.5 Å². The van der Waals surface area contributed by atoms with Crippen LogP contribution in [0.5, 0.6) is 0 Å². The van der Waals surface area contributed by atoms with E-state index in [1.54, 1.807) is 18.2 Å². The Morgan fingerprint density at radius 1 is 1.21 bits per heavy atom. The van der Waals surface area contributed by atoms with Gasteiger partial charge in [0.15, 0.2) is 5.82 Å². The second-order valence-corrected chi connectivity index (χ2v) is 8.97. The molecule has 0 saturated heterocycles. The Labute approximate surface area is 163 Å². The highest BCUT2D eigenvalue weighted by atomic mass is 32.2. The van der Waals surface area contributed by atoms with E-state index < -0.39 is 22.2 Å². The van der Waals surface area contributed by atoms with Crippen molar-refractivity contribution in [3.63, 3.8) is 0 Å². The third kappa shape index (κ3) is 3.48. The lowest BCUT2D eigenvalue weighted by Crippen LogP contribution is -2.44. The topological polar surface area (TPSA) is 134 Å². The fraction of sp³-hybridized carbons (Fsp3) is 0.368. The lowest BCUT2D eigenvalue weighted by Gasteiger charge is -2.28. The number of nitrogens with two attached hydrogens (primary N) is 1. The molecule has 5 N–H and O–H groups in total. The van der Waals surface area contributed by atoms with E-state index in [1.807, 2.05) is 19.1 Å². The Morgan fingerprint density at radius 2 is 2.00 bits per heavy atom. The Morgan fingerprint density at radius 3 is 2.75 bits per heavy atom. The third-order valence-corrected chi connectivity index (χ3v) is 6.74. The molecule has 0 bridgehead atoms. The highest BCUT2D eigenvalue weighted by Gasteiger charge is 2.28. The van der Waals surface area contributed by atoms with Crippen molar-refractivity contribution in [1.82, 2.24) is 19.9 Å². The minimum Gasteiger partial charge on any atom is -0.391 e. The van der Waals surface area contributed by atoms with Crippen molar-refractivity contribution in [1.29, 1.82) is 0 Å². The number of anilines is 1. The zero-order valence-electron chi connectivity index (χ0n) is 15.5. The van der Waals surface area contributed by atoms with Gasteiger partial charge < -0.3 is 10.8 Å². The standard InChI is InChI=1S/C19H23N5O3S/c1-11-10-12(28(26,27)24-15-4-2-3-5-17(15)25)6-7-13(11)14-8-9-16-18(21-14)19(20)23-22-16/h6-10,15,17,24-25H,2-5H2,1H3,(H3,20,22,23). The summed E-state index contributed by atoms with van der Waals surface area (Å²) in [5, 5.41) is 16.8. The van der Waals surface area contributed by atoms with Crippen LogP contribution in [-0.2, 0) is 10.0 Å². The van der Waals surface area contributed by atoms with Gasteiger partial charge in [-0.2, -0.15) is 5.10 Å². The maximum absolute atomic E-state index is 12.8. The zero-order chi connectivity index (χ0) is 19.9. The zero-order valence-corrected chi connectivity index (χ0v) is 16.3. The number of aliphatic hydroxyl groups is 1. The van der Waals surface area contributed by atoms with E-state index in [1.165, 1.54) is 0 Å². The fourth-order valence-electron chi connectivity index (χ4n) is 3.67. The number of sulfonamides is 1. The number of benzene rings is 1. The molecule has 2 atom stereocenters. The fourth-order valence-corrected chi connectivity index (χ4v) is 5.06. The molecule has 1 saturated carbocycles. The smallest absolute Gasteiger partial charge is 0.240 e. The number of aromatic nitrogens is 3. The molecule has 1 aliphatic rings. The molecule has 1 aliphatic carbocycles. The van der Waals surface area contributed by atoms with E-state index in [-0.39, 0.29) is 4.90 Å². The van der Waals surface area contributed by atoms with Crippen molar-refractivity contribution in [2.45, 2.75) is 49.6 Å². The summed E-state index contributed by atoms with van der Waals surface area (Å²) in [6.45, 7) is 1.84. The lowest BCUT2D eigenvalue weighted by molar-refractivity contribution is 0.101. The molecule has 4 rings (SSSR count). The Hall–Kier alpha value is -2.49. The Kier molecular flexibility index (Phi) is 4.82. The molecule has 0 spiro atoms. The number of rotatable bonds is 4. The number of aryl methyl sites for hydroxylation is 1. The number of aliphatic hydroxyl groups excluding tert-OH is 1. The van der Waals surface area contributed by atoms with Gasteiger partial charge >= 0.3 is 0 Å². The van der Waals surface area contributed by atoms with Crippen LogP contribution in [0.2, 0.25) is 0 Å². The summed E-state index contributed by atoms with van der Waals surface area (Å²) in [7, 11) is -3.71. The molecule has 2 aromatic heterocycles. The minimum atomic E-state index is -3.71. The first kappa shape index (κ1) is 18.9. The van der Waals surface area contributed by atoms with Gasteiger partial charge in [-0.15, -0.1) is 0 Å². The number of fused-ring (bicyclic) bond motifs is 1. The average Bonchev–Trinajstić information content (AvgIpc) is 3.04. The van der Waals surface area contributed by atoms with Gasteiger partial charge in [-0.1, -0.05) is 18.9 Å². The summed E-state index contributed by atoms with van der Waals surface area (Å²) in [5.74, 6) is 0.323. The number of hydrogen-bond acceptors (Lipinski definition) is 6. The molecule has 1 fully saturated rings. The first-order valence-electron chi connectivity index (χ1n) is 9.27. The van der Waals surface area contributed by atoms with Crippen LogP contribution in [-0.4, -0.2) is 40.9 Å². The van der Waals surface area contributed by atoms with Crippen LogP contribution in [0.15, 0.2) is 35.2 Å². The van der Waals surface area contributed by atoms with Gasteiger partial charge in [-0.25, -0.2) is 18.1 Å². The SMILES string of the molecule is Cc1cc(S(=O)(=O)NC2CCCCC2O)ccc1-c1ccc2[nH]nc(N)c2n1. The van der Waals surface area contributed by atoms with Crippen LogP contribution >= 0.6 is 0 Å². The highest BCUT2D eigenvalue weighted by Crippen LogP contribution is 2.28. The number of nitrogen functional groups attached to an aromatic ring is 1. The van der Waals surface area contributed by atoms with Crippen molar-refractivity contribution < 1.29 is 13.5 Å². The number of nitrogens with one attached hydrogen (secondary N) is 2. The largest absolute Gasteiger partial charge is 0.391 e. The summed E-state index contributed by atoms with van der Waals surface area (Å²) in [6.07, 6.45) is 2.46. The second-order valence-electron chi connectivity index (χ2n) is 7.26. The number of hydrogen-bond donors (Lipinski definition) is 4. The molecule has 2 unspecified atom stereocenters. The van der Waals surface area contributed by atoms with E-state index in [9.17, 15) is 13.5 Å². The molecular formula is C19H23N5O3S. The normalized spacial score (nSPS) is 20.5. The van der Waals surface area contributed by atoms with E-state index in [0.29, 0.717) is 29.9 Å². The van der Waals surface area contributed by atoms with Crippen molar-refractivity contribution in [2.24, 2.45) is 0 Å². The van der Waals surface area contributed by atoms with Gasteiger partial charge in [0.25, 0.3) is 0 Å². The van der Waals surface area contributed by atoms with E-state index in [2.05, 4.69) is 19.9 Å². The van der Waals surface area contributed by atoms with E-state index in [4.69, 9.17) is 5.73 Å². The maximum Gasteiger partial charge on any atom is 0.240 e. The second kappa shape index (κ2) is 7.16. The Bertz CT molecular complexity index is 1130. The number of aromatic amines is 1. The molecule has 0 radical (unpaired) electrons. The van der Waals surface area contributed by atoms with Crippen molar-refractivity contribution in [3.05, 3.63) is 35.9 Å². The predicted molar refractivity (Wildman–Crippen MR) is 107 cm³/mol. The van der Waals surface area contributed by atoms with Crippen LogP contribution in [0.1, 0.15) is 31.2 Å². The Balaban J connectivity index is 1.64. The van der Waals surface area contributed by atoms with Gasteiger partial charge in [0.2, 0.25) is 10.0 Å². The summed E-state index contributed by atoms with van der Waals surface area (Å²) in [4.78, 5) is 4.72. The molecule has 8 nitrogen and oxygen atoms in total.